The van der Waals surface area contributed by atoms with Crippen LogP contribution in [0.5, 0.6) is 0 Å². The quantitative estimate of drug-likeness (QED) is 0.689. The van der Waals surface area contributed by atoms with E-state index in [9.17, 15) is 14.0 Å². The summed E-state index contributed by atoms with van der Waals surface area (Å²) in [6, 6.07) is 4.43. The highest BCUT2D eigenvalue weighted by molar-refractivity contribution is 5.97. The van der Waals surface area contributed by atoms with Gasteiger partial charge in [0.2, 0.25) is 5.91 Å². The molecule has 2 saturated carbocycles. The molecule has 1 aromatic rings. The highest BCUT2D eigenvalue weighted by atomic mass is 19.1. The minimum absolute atomic E-state index is 0.0475. The minimum Gasteiger partial charge on any atom is -0.370 e. The maximum atomic E-state index is 14.6. The van der Waals surface area contributed by atoms with Crippen molar-refractivity contribution in [3.8, 4) is 0 Å². The first-order chi connectivity index (χ1) is 14.1. The van der Waals surface area contributed by atoms with Crippen LogP contribution in [0.15, 0.2) is 18.2 Å². The van der Waals surface area contributed by atoms with Crippen LogP contribution in [0.3, 0.4) is 0 Å². The number of halogens is 1. The van der Waals surface area contributed by atoms with E-state index in [0.717, 1.165) is 19.4 Å². The minimum atomic E-state index is -0.545. The Morgan fingerprint density at radius 1 is 1.34 bits per heavy atom. The van der Waals surface area contributed by atoms with Crippen LogP contribution in [0, 0.1) is 11.7 Å². The molecule has 0 aromatic heterocycles. The number of nitrogens with zero attached hydrogens (tertiary/aromatic N) is 2. The van der Waals surface area contributed by atoms with E-state index in [0.29, 0.717) is 30.8 Å². The summed E-state index contributed by atoms with van der Waals surface area (Å²) in [7, 11) is 0. The van der Waals surface area contributed by atoms with Gasteiger partial charge in [-0.05, 0) is 49.8 Å². The lowest BCUT2D eigenvalue weighted by Crippen LogP contribution is -2.51. The van der Waals surface area contributed by atoms with Crippen LogP contribution < -0.4 is 16.0 Å². The predicted molar refractivity (Wildman–Crippen MR) is 108 cm³/mol. The Hall–Kier alpha value is -2.03. The van der Waals surface area contributed by atoms with Crippen molar-refractivity contribution in [2.75, 3.05) is 43.1 Å². The zero-order chi connectivity index (χ0) is 20.4. The molecule has 1 saturated heterocycles. The van der Waals surface area contributed by atoms with E-state index in [4.69, 9.17) is 10.5 Å². The van der Waals surface area contributed by atoms with Crippen molar-refractivity contribution in [3.63, 3.8) is 0 Å². The highest BCUT2D eigenvalue weighted by Crippen LogP contribution is 2.34. The summed E-state index contributed by atoms with van der Waals surface area (Å²) in [5.74, 6) is -0.365. The first-order valence-electron chi connectivity index (χ1n) is 10.5. The van der Waals surface area contributed by atoms with Crippen LogP contribution in [0.4, 0.5) is 15.8 Å². The standard InChI is InChI=1S/C21H29FN4O3/c22-17-10-15(4-7-18(17)25-8-9-29-13-20(25)27)24-21(28)19(11-23)26(16-5-6-16)12-14-2-1-3-14/h4,7,10,14,16,19H,1-3,5-6,8-9,11-13,23H2,(H,24,28)/t19-/m1/s1. The van der Waals surface area contributed by atoms with Gasteiger partial charge in [-0.15, -0.1) is 0 Å². The lowest BCUT2D eigenvalue weighted by Gasteiger charge is -2.36. The molecule has 7 nitrogen and oxygen atoms in total. The number of carbonyl (C=O) groups is 2. The fraction of sp³-hybridized carbons (Fsp3) is 0.619. The SMILES string of the molecule is NC[C@H](C(=O)Nc1ccc(N2CCOCC2=O)c(F)c1)N(CC1CCC1)C1CC1. The van der Waals surface area contributed by atoms with Gasteiger partial charge in [0, 0.05) is 31.4 Å². The summed E-state index contributed by atoms with van der Waals surface area (Å²) in [5.41, 5.74) is 6.54. The van der Waals surface area contributed by atoms with Crippen LogP contribution >= 0.6 is 0 Å². The Kier molecular flexibility index (Phi) is 6.12. The number of rotatable bonds is 8. The van der Waals surface area contributed by atoms with Gasteiger partial charge in [-0.2, -0.15) is 0 Å². The van der Waals surface area contributed by atoms with Crippen molar-refractivity contribution in [2.45, 2.75) is 44.2 Å². The van der Waals surface area contributed by atoms with Crippen LogP contribution in [-0.2, 0) is 14.3 Å². The molecule has 3 fully saturated rings. The fourth-order valence-electron chi connectivity index (χ4n) is 4.11. The lowest BCUT2D eigenvalue weighted by atomic mass is 9.84. The Balaban J connectivity index is 1.43. The summed E-state index contributed by atoms with van der Waals surface area (Å²) < 4.78 is 19.7. The molecule has 158 valence electrons. The van der Waals surface area contributed by atoms with Gasteiger partial charge >= 0.3 is 0 Å². The number of hydrogen-bond donors (Lipinski definition) is 2. The monoisotopic (exact) mass is 404 g/mol. The first-order valence-corrected chi connectivity index (χ1v) is 10.5. The van der Waals surface area contributed by atoms with Gasteiger partial charge in [0.05, 0.1) is 12.3 Å². The van der Waals surface area contributed by atoms with E-state index in [-0.39, 0.29) is 30.7 Å². The maximum absolute atomic E-state index is 14.6. The predicted octanol–water partition coefficient (Wildman–Crippen LogP) is 1.72. The Bertz CT molecular complexity index is 766. The van der Waals surface area contributed by atoms with E-state index in [2.05, 4.69) is 10.2 Å². The van der Waals surface area contributed by atoms with Crippen LogP contribution in [0.25, 0.3) is 0 Å². The molecular weight excluding hydrogens is 375 g/mol. The van der Waals surface area contributed by atoms with Gasteiger partial charge in [-0.1, -0.05) is 6.42 Å². The second-order valence-corrected chi connectivity index (χ2v) is 8.23. The summed E-state index contributed by atoms with van der Waals surface area (Å²) >= 11 is 0. The van der Waals surface area contributed by atoms with E-state index < -0.39 is 11.9 Å². The number of nitrogens with two attached hydrogens (primary N) is 1. The van der Waals surface area contributed by atoms with Crippen molar-refractivity contribution < 1.29 is 18.7 Å². The fourth-order valence-corrected chi connectivity index (χ4v) is 4.11. The Morgan fingerprint density at radius 3 is 2.72 bits per heavy atom. The van der Waals surface area contributed by atoms with E-state index >= 15 is 0 Å². The molecule has 4 rings (SSSR count). The van der Waals surface area contributed by atoms with Crippen LogP contribution in [0.2, 0.25) is 0 Å². The molecule has 1 aliphatic heterocycles. The molecule has 3 aliphatic rings. The van der Waals surface area contributed by atoms with E-state index in [1.807, 2.05) is 0 Å². The number of hydrogen-bond acceptors (Lipinski definition) is 5. The number of benzene rings is 1. The van der Waals surface area contributed by atoms with Crippen molar-refractivity contribution in [1.29, 1.82) is 0 Å². The lowest BCUT2D eigenvalue weighted by molar-refractivity contribution is -0.125. The van der Waals surface area contributed by atoms with Crippen LogP contribution in [0.1, 0.15) is 32.1 Å². The average Bonchev–Trinajstić information content (AvgIpc) is 3.49. The molecule has 0 radical (unpaired) electrons. The van der Waals surface area contributed by atoms with Crippen molar-refractivity contribution in [2.24, 2.45) is 11.7 Å². The van der Waals surface area contributed by atoms with E-state index in [1.54, 1.807) is 6.07 Å². The second kappa shape index (κ2) is 8.77. The van der Waals surface area contributed by atoms with E-state index in [1.165, 1.54) is 36.3 Å². The molecule has 0 spiro atoms. The molecule has 1 heterocycles. The topological polar surface area (TPSA) is 87.9 Å². The van der Waals surface area contributed by atoms with Gasteiger partial charge < -0.3 is 20.7 Å². The van der Waals surface area contributed by atoms with Gasteiger partial charge in [-0.25, -0.2) is 4.39 Å². The van der Waals surface area contributed by atoms with Gasteiger partial charge in [0.15, 0.2) is 0 Å². The first kappa shape index (κ1) is 20.3. The van der Waals surface area contributed by atoms with Crippen molar-refractivity contribution in [1.82, 2.24) is 4.90 Å². The van der Waals surface area contributed by atoms with Crippen molar-refractivity contribution in [3.05, 3.63) is 24.0 Å². The molecular formula is C21H29FN4O3. The number of amides is 2. The highest BCUT2D eigenvalue weighted by Gasteiger charge is 2.38. The van der Waals surface area contributed by atoms with Crippen LogP contribution in [-0.4, -0.2) is 61.6 Å². The van der Waals surface area contributed by atoms with Gasteiger partial charge in [0.1, 0.15) is 18.5 Å². The molecule has 2 aliphatic carbocycles. The maximum Gasteiger partial charge on any atom is 0.253 e. The van der Waals surface area contributed by atoms with Gasteiger partial charge in [-0.3, -0.25) is 14.5 Å². The Labute approximate surface area is 170 Å². The summed E-state index contributed by atoms with van der Waals surface area (Å²) in [4.78, 5) is 28.5. The molecule has 3 N–H and O–H groups in total. The summed E-state index contributed by atoms with van der Waals surface area (Å²) in [5, 5.41) is 2.82. The molecule has 2 amide bonds. The molecule has 0 bridgehead atoms. The average molecular weight is 404 g/mol. The molecule has 1 aromatic carbocycles. The molecule has 29 heavy (non-hydrogen) atoms. The van der Waals surface area contributed by atoms with Crippen molar-refractivity contribution >= 4 is 23.2 Å². The second-order valence-electron chi connectivity index (χ2n) is 8.23. The molecule has 0 unspecified atom stereocenters. The normalized spacial score (nSPS) is 21.2. The number of carbonyl (C=O) groups excluding carboxylic acids is 2. The zero-order valence-electron chi connectivity index (χ0n) is 16.6. The van der Waals surface area contributed by atoms with Gasteiger partial charge in [0.25, 0.3) is 5.91 Å². The summed E-state index contributed by atoms with van der Waals surface area (Å²) in [6.45, 7) is 1.78. The number of nitrogens with one attached hydrogen (secondary N) is 1. The zero-order valence-corrected chi connectivity index (χ0v) is 16.6. The Morgan fingerprint density at radius 2 is 2.14 bits per heavy atom. The summed E-state index contributed by atoms with van der Waals surface area (Å²) in [6.07, 6.45) is 5.91. The third-order valence-corrected chi connectivity index (χ3v) is 6.13. The third kappa shape index (κ3) is 4.60. The molecule has 8 heteroatoms. The number of ether oxygens (including phenoxy) is 1. The smallest absolute Gasteiger partial charge is 0.253 e. The molecule has 1 atom stereocenters. The largest absolute Gasteiger partial charge is 0.370 e. The third-order valence-electron chi connectivity index (χ3n) is 6.13. The number of morpholine rings is 1. The number of anilines is 2.